The van der Waals surface area contributed by atoms with Gasteiger partial charge in [0.15, 0.2) is 5.67 Å². The minimum Gasteiger partial charge on any atom is -0.461 e. The number of nitrogens with zero attached hydrogens (tertiary/aromatic N) is 6. The van der Waals surface area contributed by atoms with Gasteiger partial charge in [-0.2, -0.15) is 4.98 Å². The van der Waals surface area contributed by atoms with E-state index < -0.39 is 11.6 Å². The van der Waals surface area contributed by atoms with Crippen LogP contribution in [0, 0.1) is 5.82 Å². The molecule has 9 nitrogen and oxygen atoms in total. The van der Waals surface area contributed by atoms with E-state index in [2.05, 4.69) is 24.4 Å². The Morgan fingerprint density at radius 2 is 1.73 bits per heavy atom. The van der Waals surface area contributed by atoms with Crippen molar-refractivity contribution < 1.29 is 18.3 Å². The van der Waals surface area contributed by atoms with E-state index in [1.165, 1.54) is 18.6 Å². The Bertz CT molecular complexity index is 1330. The number of aromatic nitrogens is 4. The Labute approximate surface area is 232 Å². The molecule has 0 atom stereocenters. The van der Waals surface area contributed by atoms with Gasteiger partial charge in [-0.3, -0.25) is 14.3 Å². The molecule has 40 heavy (non-hydrogen) atoms. The standard InChI is InChI=1S/C29H37F2N7O2/c30-21-6-7-25-24(16-21)35-28(40-23-4-2-1-3-5-23)38(25)22-8-12-37(13-9-22)26(39)29(31)10-14-36(15-11-29)19-20-17-33-27(32)34-18-20/h6-7,16-18,22-23H,1-5,8-15,19H2,(H2,32,33,34). The molecule has 2 N–H and O–H groups in total. The van der Waals surface area contributed by atoms with Crippen LogP contribution in [0.4, 0.5) is 14.7 Å². The van der Waals surface area contributed by atoms with E-state index in [-0.39, 0.29) is 36.8 Å². The molecule has 11 heteroatoms. The lowest BCUT2D eigenvalue weighted by Crippen LogP contribution is -2.53. The molecule has 2 saturated heterocycles. The molecule has 1 saturated carbocycles. The van der Waals surface area contributed by atoms with Crippen molar-refractivity contribution in [3.05, 3.63) is 42.0 Å². The van der Waals surface area contributed by atoms with Crippen molar-refractivity contribution in [2.24, 2.45) is 0 Å². The molecule has 0 spiro atoms. The number of fused-ring (bicyclic) bond motifs is 1. The number of hydrogen-bond acceptors (Lipinski definition) is 7. The molecule has 0 unspecified atom stereocenters. The first-order valence-electron chi connectivity index (χ1n) is 14.5. The van der Waals surface area contributed by atoms with Crippen LogP contribution in [0.3, 0.4) is 0 Å². The summed E-state index contributed by atoms with van der Waals surface area (Å²) in [5.41, 5.74) is 6.02. The molecule has 0 radical (unpaired) electrons. The summed E-state index contributed by atoms with van der Waals surface area (Å²) < 4.78 is 38.4. The number of hydrogen-bond donors (Lipinski definition) is 1. The van der Waals surface area contributed by atoms with Crippen LogP contribution in [0.25, 0.3) is 11.0 Å². The van der Waals surface area contributed by atoms with Gasteiger partial charge < -0.3 is 15.4 Å². The predicted octanol–water partition coefficient (Wildman–Crippen LogP) is 4.43. The zero-order chi connectivity index (χ0) is 27.7. The van der Waals surface area contributed by atoms with Gasteiger partial charge in [-0.1, -0.05) is 6.42 Å². The number of nitrogens with two attached hydrogens (primary N) is 1. The van der Waals surface area contributed by atoms with Crippen molar-refractivity contribution in [3.8, 4) is 6.01 Å². The maximum absolute atomic E-state index is 15.9. The van der Waals surface area contributed by atoms with Gasteiger partial charge >= 0.3 is 0 Å². The monoisotopic (exact) mass is 553 g/mol. The number of benzene rings is 1. The van der Waals surface area contributed by atoms with E-state index >= 15 is 4.39 Å². The second kappa shape index (κ2) is 11.3. The lowest BCUT2D eigenvalue weighted by Gasteiger charge is -2.40. The first-order valence-corrected chi connectivity index (χ1v) is 14.5. The average Bonchev–Trinajstić information content (AvgIpc) is 3.32. The summed E-state index contributed by atoms with van der Waals surface area (Å²) in [5, 5.41) is 0. The molecule has 214 valence electrons. The second-order valence-corrected chi connectivity index (χ2v) is 11.5. The fraction of sp³-hybridized carbons (Fsp3) is 0.586. The molecule has 3 aromatic rings. The van der Waals surface area contributed by atoms with Crippen LogP contribution in [0.1, 0.15) is 69.4 Å². The van der Waals surface area contributed by atoms with Gasteiger partial charge in [0.1, 0.15) is 11.9 Å². The minimum atomic E-state index is -1.85. The maximum atomic E-state index is 15.9. The molecule has 1 aliphatic carbocycles. The van der Waals surface area contributed by atoms with E-state index in [9.17, 15) is 9.18 Å². The first-order chi connectivity index (χ1) is 19.4. The van der Waals surface area contributed by atoms with Crippen molar-refractivity contribution in [3.63, 3.8) is 0 Å². The maximum Gasteiger partial charge on any atom is 0.297 e. The number of amides is 1. The van der Waals surface area contributed by atoms with Gasteiger partial charge in [-0.05, 0) is 50.7 Å². The van der Waals surface area contributed by atoms with Gasteiger partial charge in [0.05, 0.1) is 11.0 Å². The number of anilines is 1. The molecule has 4 heterocycles. The van der Waals surface area contributed by atoms with Gasteiger partial charge in [0, 0.05) is 75.6 Å². The number of carbonyl (C=O) groups is 1. The quantitative estimate of drug-likeness (QED) is 0.482. The number of carbonyl (C=O) groups excluding carboxylic acids is 1. The largest absolute Gasteiger partial charge is 0.461 e. The number of nitrogen functional groups attached to an aromatic ring is 1. The molecule has 1 amide bonds. The number of halogens is 2. The number of ether oxygens (including phenoxy) is 1. The molecule has 3 fully saturated rings. The zero-order valence-corrected chi connectivity index (χ0v) is 22.8. The average molecular weight is 554 g/mol. The second-order valence-electron chi connectivity index (χ2n) is 11.5. The van der Waals surface area contributed by atoms with Crippen molar-refractivity contribution >= 4 is 22.9 Å². The summed E-state index contributed by atoms with van der Waals surface area (Å²) >= 11 is 0. The summed E-state index contributed by atoms with van der Waals surface area (Å²) in [6, 6.07) is 5.21. The lowest BCUT2D eigenvalue weighted by atomic mass is 9.90. The molecule has 0 bridgehead atoms. The highest BCUT2D eigenvalue weighted by Crippen LogP contribution is 2.36. The third-order valence-electron chi connectivity index (χ3n) is 8.72. The molecule has 1 aromatic carbocycles. The van der Waals surface area contributed by atoms with E-state index in [1.807, 2.05) is 0 Å². The summed E-state index contributed by atoms with van der Waals surface area (Å²) in [6.07, 6.45) is 10.6. The van der Waals surface area contributed by atoms with Crippen LogP contribution in [0.15, 0.2) is 30.6 Å². The van der Waals surface area contributed by atoms with Crippen molar-refractivity contribution in [2.75, 3.05) is 31.9 Å². The van der Waals surface area contributed by atoms with Crippen LogP contribution >= 0.6 is 0 Å². The van der Waals surface area contributed by atoms with Gasteiger partial charge in [0.25, 0.3) is 11.9 Å². The Balaban J connectivity index is 1.09. The highest BCUT2D eigenvalue weighted by Gasteiger charge is 2.45. The highest BCUT2D eigenvalue weighted by molar-refractivity contribution is 5.85. The summed E-state index contributed by atoms with van der Waals surface area (Å²) in [6.45, 7) is 2.51. The third kappa shape index (κ3) is 5.61. The number of rotatable bonds is 6. The Kier molecular flexibility index (Phi) is 7.57. The normalized spacial score (nSPS) is 21.1. The molecule has 6 rings (SSSR count). The van der Waals surface area contributed by atoms with E-state index in [1.54, 1.807) is 23.4 Å². The summed E-state index contributed by atoms with van der Waals surface area (Å²) in [5.74, 6) is -0.511. The van der Waals surface area contributed by atoms with Crippen molar-refractivity contribution in [1.29, 1.82) is 0 Å². The van der Waals surface area contributed by atoms with Crippen molar-refractivity contribution in [2.45, 2.75) is 82.1 Å². The molecule has 2 aromatic heterocycles. The van der Waals surface area contributed by atoms with Crippen LogP contribution in [0.2, 0.25) is 0 Å². The van der Waals surface area contributed by atoms with Crippen LogP contribution in [0.5, 0.6) is 6.01 Å². The summed E-state index contributed by atoms with van der Waals surface area (Å²) in [4.78, 5) is 29.9. The molecular formula is C29H37F2N7O2. The number of likely N-dealkylation sites (tertiary alicyclic amines) is 2. The van der Waals surface area contributed by atoms with Gasteiger partial charge in [0.2, 0.25) is 5.95 Å². The predicted molar refractivity (Wildman–Crippen MR) is 147 cm³/mol. The number of piperidine rings is 2. The first kappa shape index (κ1) is 26.9. The topological polar surface area (TPSA) is 102 Å². The number of alkyl halides is 1. The summed E-state index contributed by atoms with van der Waals surface area (Å²) in [7, 11) is 0. The Morgan fingerprint density at radius 3 is 2.42 bits per heavy atom. The third-order valence-corrected chi connectivity index (χ3v) is 8.72. The zero-order valence-electron chi connectivity index (χ0n) is 22.8. The smallest absolute Gasteiger partial charge is 0.297 e. The van der Waals surface area contributed by atoms with E-state index in [0.29, 0.717) is 57.1 Å². The Hall–Kier alpha value is -3.34. The van der Waals surface area contributed by atoms with Crippen LogP contribution in [-0.2, 0) is 11.3 Å². The minimum absolute atomic E-state index is 0.0395. The highest BCUT2D eigenvalue weighted by atomic mass is 19.1. The number of imidazole rings is 1. The van der Waals surface area contributed by atoms with Crippen molar-refractivity contribution in [1.82, 2.24) is 29.3 Å². The van der Waals surface area contributed by atoms with E-state index in [0.717, 1.165) is 36.8 Å². The Morgan fingerprint density at radius 1 is 1.02 bits per heavy atom. The van der Waals surface area contributed by atoms with Crippen LogP contribution in [-0.4, -0.2) is 73.2 Å². The van der Waals surface area contributed by atoms with Gasteiger partial charge in [-0.15, -0.1) is 0 Å². The van der Waals surface area contributed by atoms with Crippen LogP contribution < -0.4 is 10.5 Å². The molecular weight excluding hydrogens is 516 g/mol. The molecule has 3 aliphatic rings. The lowest BCUT2D eigenvalue weighted by molar-refractivity contribution is -0.148. The van der Waals surface area contributed by atoms with Gasteiger partial charge in [-0.25, -0.2) is 18.7 Å². The fourth-order valence-corrected chi connectivity index (χ4v) is 6.41. The molecule has 2 aliphatic heterocycles. The SMILES string of the molecule is Nc1ncc(CN2CCC(F)(C(=O)N3CCC(n4c(OC5CCCCC5)nc5cc(F)ccc54)CC3)CC2)cn1. The fourth-order valence-electron chi connectivity index (χ4n) is 6.41. The van der Waals surface area contributed by atoms with E-state index in [4.69, 9.17) is 10.5 Å².